The summed E-state index contributed by atoms with van der Waals surface area (Å²) in [4.78, 5) is 0. The van der Waals surface area contributed by atoms with Crippen molar-refractivity contribution in [3.8, 4) is 5.75 Å². The molecule has 0 saturated carbocycles. The van der Waals surface area contributed by atoms with E-state index >= 15 is 0 Å². The molecule has 0 radical (unpaired) electrons. The molecule has 0 fully saturated rings. The summed E-state index contributed by atoms with van der Waals surface area (Å²) in [6.07, 6.45) is 4.49. The molecule has 2 rings (SSSR count). The second-order valence-corrected chi connectivity index (χ2v) is 7.49. The van der Waals surface area contributed by atoms with E-state index in [-0.39, 0.29) is 0 Å². The van der Waals surface area contributed by atoms with Gasteiger partial charge in [0.15, 0.2) is 0 Å². The molecule has 3 heteroatoms. The number of ether oxygens (including phenoxy) is 1. The molecule has 2 nitrogen and oxygen atoms in total. The van der Waals surface area contributed by atoms with Gasteiger partial charge in [-0.25, -0.2) is 0 Å². The van der Waals surface area contributed by atoms with Crippen LogP contribution in [0.3, 0.4) is 0 Å². The summed E-state index contributed by atoms with van der Waals surface area (Å²) in [6, 6.07) is 4.99. The van der Waals surface area contributed by atoms with Crippen molar-refractivity contribution in [3.05, 3.63) is 27.7 Å². The first kappa shape index (κ1) is 16.8. The highest BCUT2D eigenvalue weighted by atomic mass is 79.9. The molecule has 0 atom stereocenters. The van der Waals surface area contributed by atoms with Crippen LogP contribution in [-0.2, 0) is 12.8 Å². The van der Waals surface area contributed by atoms with Gasteiger partial charge in [0.05, 0.1) is 6.61 Å². The highest BCUT2D eigenvalue weighted by molar-refractivity contribution is 9.10. The molecule has 21 heavy (non-hydrogen) atoms. The van der Waals surface area contributed by atoms with Crippen molar-refractivity contribution < 1.29 is 4.74 Å². The average Bonchev–Trinajstić information content (AvgIpc) is 2.91. The molecule has 0 aliphatic carbocycles. The third kappa shape index (κ3) is 4.01. The first-order valence-corrected chi connectivity index (χ1v) is 8.96. The number of hydrogen-bond donors (Lipinski definition) is 1. The molecule has 1 N–H and O–H groups in total. The molecule has 1 aromatic rings. The molecule has 0 saturated heterocycles. The topological polar surface area (TPSA) is 21.3 Å². The van der Waals surface area contributed by atoms with E-state index in [1.807, 2.05) is 0 Å². The first-order chi connectivity index (χ1) is 9.99. The van der Waals surface area contributed by atoms with Crippen molar-refractivity contribution >= 4 is 15.9 Å². The minimum atomic E-state index is 0.310. The zero-order valence-electron chi connectivity index (χ0n) is 13.8. The predicted molar refractivity (Wildman–Crippen MR) is 93.2 cm³/mol. The SMILES string of the molecule is CCC(CC)(CNC(C)C)Cc1cc(Br)cc2c1OCC2. The van der Waals surface area contributed by atoms with Gasteiger partial charge < -0.3 is 10.1 Å². The number of hydrogen-bond acceptors (Lipinski definition) is 2. The molecule has 0 aromatic heterocycles. The van der Waals surface area contributed by atoms with Crippen LogP contribution in [0.4, 0.5) is 0 Å². The van der Waals surface area contributed by atoms with Crippen molar-refractivity contribution in [2.75, 3.05) is 13.2 Å². The Morgan fingerprint density at radius 3 is 2.62 bits per heavy atom. The lowest BCUT2D eigenvalue weighted by Crippen LogP contribution is -2.38. The van der Waals surface area contributed by atoms with Gasteiger partial charge in [-0.3, -0.25) is 0 Å². The molecule has 0 unspecified atom stereocenters. The van der Waals surface area contributed by atoms with Gasteiger partial charge in [-0.15, -0.1) is 0 Å². The minimum absolute atomic E-state index is 0.310. The summed E-state index contributed by atoms with van der Waals surface area (Å²) in [5, 5.41) is 3.64. The molecular formula is C18H28BrNO. The Labute approximate surface area is 137 Å². The quantitative estimate of drug-likeness (QED) is 0.764. The van der Waals surface area contributed by atoms with Crippen molar-refractivity contribution in [2.45, 2.75) is 59.4 Å². The van der Waals surface area contributed by atoms with Crippen LogP contribution < -0.4 is 10.1 Å². The van der Waals surface area contributed by atoms with Crippen molar-refractivity contribution in [2.24, 2.45) is 5.41 Å². The number of fused-ring (bicyclic) bond motifs is 1. The van der Waals surface area contributed by atoms with Crippen LogP contribution in [0.15, 0.2) is 16.6 Å². The summed E-state index contributed by atoms with van der Waals surface area (Å²) in [5.41, 5.74) is 3.04. The minimum Gasteiger partial charge on any atom is -0.493 e. The number of rotatable bonds is 7. The highest BCUT2D eigenvalue weighted by Gasteiger charge is 2.29. The Balaban J connectivity index is 2.24. The van der Waals surface area contributed by atoms with Gasteiger partial charge in [0, 0.05) is 23.5 Å². The van der Waals surface area contributed by atoms with E-state index in [1.54, 1.807) is 0 Å². The normalized spacial score (nSPS) is 14.4. The molecule has 0 amide bonds. The van der Waals surface area contributed by atoms with Gasteiger partial charge in [0.2, 0.25) is 0 Å². The molecule has 1 aliphatic rings. The summed E-state index contributed by atoms with van der Waals surface area (Å²) in [5.74, 6) is 1.15. The Morgan fingerprint density at radius 1 is 1.29 bits per heavy atom. The van der Waals surface area contributed by atoms with Crippen LogP contribution in [0.25, 0.3) is 0 Å². The van der Waals surface area contributed by atoms with Gasteiger partial charge in [0.1, 0.15) is 5.75 Å². The fourth-order valence-electron chi connectivity index (χ4n) is 3.11. The largest absolute Gasteiger partial charge is 0.493 e. The summed E-state index contributed by atoms with van der Waals surface area (Å²) >= 11 is 3.66. The molecule has 0 bridgehead atoms. The zero-order chi connectivity index (χ0) is 15.5. The third-order valence-corrected chi connectivity index (χ3v) is 5.23. The van der Waals surface area contributed by atoms with Crippen LogP contribution in [0.1, 0.15) is 51.7 Å². The van der Waals surface area contributed by atoms with E-state index in [9.17, 15) is 0 Å². The van der Waals surface area contributed by atoms with Crippen LogP contribution in [-0.4, -0.2) is 19.2 Å². The van der Waals surface area contributed by atoms with E-state index in [4.69, 9.17) is 4.74 Å². The third-order valence-electron chi connectivity index (χ3n) is 4.78. The smallest absolute Gasteiger partial charge is 0.125 e. The Bertz CT molecular complexity index is 480. The lowest BCUT2D eigenvalue weighted by Gasteiger charge is -2.33. The average molecular weight is 354 g/mol. The molecule has 1 aromatic carbocycles. The van der Waals surface area contributed by atoms with Gasteiger partial charge >= 0.3 is 0 Å². The maximum Gasteiger partial charge on any atom is 0.125 e. The van der Waals surface area contributed by atoms with Crippen LogP contribution in [0.2, 0.25) is 0 Å². The fourth-order valence-corrected chi connectivity index (χ4v) is 3.67. The zero-order valence-corrected chi connectivity index (χ0v) is 15.3. The monoisotopic (exact) mass is 353 g/mol. The predicted octanol–water partition coefficient (Wildman–Crippen LogP) is 4.73. The van der Waals surface area contributed by atoms with E-state index < -0.39 is 0 Å². The Kier molecular flexibility index (Phi) is 5.73. The molecule has 0 spiro atoms. The van der Waals surface area contributed by atoms with E-state index in [0.29, 0.717) is 11.5 Å². The summed E-state index contributed by atoms with van der Waals surface area (Å²) in [6.45, 7) is 11.0. The van der Waals surface area contributed by atoms with Crippen LogP contribution in [0, 0.1) is 5.41 Å². The Hall–Kier alpha value is -0.540. The standard InChI is InChI=1S/C18H28BrNO/c1-5-18(6-2,12-20-13(3)4)11-15-10-16(19)9-14-7-8-21-17(14)15/h9-10,13,20H,5-8,11-12H2,1-4H3. The summed E-state index contributed by atoms with van der Waals surface area (Å²) < 4.78 is 7.08. The van der Waals surface area contributed by atoms with Crippen LogP contribution >= 0.6 is 15.9 Å². The second kappa shape index (κ2) is 7.15. The Morgan fingerprint density at radius 2 is 2.00 bits per heavy atom. The highest BCUT2D eigenvalue weighted by Crippen LogP contribution is 2.39. The summed E-state index contributed by atoms with van der Waals surface area (Å²) in [7, 11) is 0. The van der Waals surface area contributed by atoms with Gasteiger partial charge in [-0.1, -0.05) is 43.6 Å². The van der Waals surface area contributed by atoms with Gasteiger partial charge in [-0.05, 0) is 47.9 Å². The van der Waals surface area contributed by atoms with Crippen LogP contribution in [0.5, 0.6) is 5.75 Å². The first-order valence-electron chi connectivity index (χ1n) is 8.17. The van der Waals surface area contributed by atoms with E-state index in [1.165, 1.54) is 28.4 Å². The van der Waals surface area contributed by atoms with E-state index in [2.05, 4.69) is 61.1 Å². The maximum atomic E-state index is 5.90. The van der Waals surface area contributed by atoms with Gasteiger partial charge in [-0.2, -0.15) is 0 Å². The molecule has 1 heterocycles. The number of halogens is 1. The van der Waals surface area contributed by atoms with Crippen molar-refractivity contribution in [1.82, 2.24) is 5.32 Å². The van der Waals surface area contributed by atoms with E-state index in [0.717, 1.165) is 31.7 Å². The lowest BCUT2D eigenvalue weighted by molar-refractivity contribution is 0.236. The van der Waals surface area contributed by atoms with Crippen molar-refractivity contribution in [3.63, 3.8) is 0 Å². The number of benzene rings is 1. The molecule has 118 valence electrons. The molecular weight excluding hydrogens is 326 g/mol. The lowest BCUT2D eigenvalue weighted by atomic mass is 9.76. The second-order valence-electron chi connectivity index (χ2n) is 6.57. The molecule has 1 aliphatic heterocycles. The maximum absolute atomic E-state index is 5.90. The number of nitrogens with one attached hydrogen (secondary N) is 1. The van der Waals surface area contributed by atoms with Crippen molar-refractivity contribution in [1.29, 1.82) is 0 Å². The fraction of sp³-hybridized carbons (Fsp3) is 0.667. The van der Waals surface area contributed by atoms with Gasteiger partial charge in [0.25, 0.3) is 0 Å².